The Hall–Kier alpha value is -5.49. The van der Waals surface area contributed by atoms with Crippen molar-refractivity contribution in [2.75, 3.05) is 0 Å². The Kier molecular flexibility index (Phi) is 7.36. The van der Waals surface area contributed by atoms with E-state index in [0.29, 0.717) is 6.61 Å². The third-order valence-electron chi connectivity index (χ3n) is 6.76. The maximum Gasteiger partial charge on any atom is 0.291 e. The molecule has 0 fully saturated rings. The molecular weight excluding hydrogens is 508 g/mol. The monoisotopic (exact) mass is 536 g/mol. The molecule has 0 aliphatic carbocycles. The van der Waals surface area contributed by atoms with Crippen molar-refractivity contribution in [3.63, 3.8) is 0 Å². The van der Waals surface area contributed by atoms with Gasteiger partial charge in [-0.05, 0) is 76.9 Å². The molecule has 0 saturated heterocycles. The third kappa shape index (κ3) is 5.92. The first-order valence-electron chi connectivity index (χ1n) is 13.4. The van der Waals surface area contributed by atoms with Crippen LogP contribution in [0.5, 0.6) is 5.75 Å². The Labute approximate surface area is 238 Å². The summed E-state index contributed by atoms with van der Waals surface area (Å²) in [5.41, 5.74) is 8.64. The lowest BCUT2D eigenvalue weighted by molar-refractivity contribution is 0.0949. The predicted molar refractivity (Wildman–Crippen MR) is 164 cm³/mol. The zero-order valence-corrected chi connectivity index (χ0v) is 22.6. The highest BCUT2D eigenvalue weighted by Gasteiger charge is 2.18. The molecule has 0 aliphatic rings. The van der Waals surface area contributed by atoms with E-state index in [2.05, 4.69) is 40.9 Å². The van der Waals surface area contributed by atoms with Gasteiger partial charge in [-0.1, -0.05) is 84.9 Å². The molecule has 200 valence electrons. The van der Waals surface area contributed by atoms with Gasteiger partial charge in [0.05, 0.1) is 17.6 Å². The van der Waals surface area contributed by atoms with Crippen LogP contribution in [0.15, 0.2) is 132 Å². The number of ether oxygens (including phenoxy) is 1. The summed E-state index contributed by atoms with van der Waals surface area (Å²) >= 11 is 0. The summed E-state index contributed by atoms with van der Waals surface area (Å²) in [6, 6.07) is 41.8. The van der Waals surface area contributed by atoms with E-state index in [1.54, 1.807) is 6.21 Å². The fraction of sp³-hybridized carbons (Fsp3) is 0.0571. The molecule has 0 saturated carbocycles. The number of fused-ring (bicyclic) bond motifs is 1. The zero-order valence-electron chi connectivity index (χ0n) is 22.6. The van der Waals surface area contributed by atoms with Gasteiger partial charge in [0.25, 0.3) is 5.91 Å². The minimum Gasteiger partial charge on any atom is -0.489 e. The Balaban J connectivity index is 1.21. The van der Waals surface area contributed by atoms with E-state index in [1.165, 1.54) is 0 Å². The molecule has 1 aromatic heterocycles. The fourth-order valence-electron chi connectivity index (χ4n) is 4.70. The summed E-state index contributed by atoms with van der Waals surface area (Å²) in [6.45, 7) is 2.54. The van der Waals surface area contributed by atoms with Gasteiger partial charge in [-0.15, -0.1) is 0 Å². The van der Waals surface area contributed by atoms with E-state index >= 15 is 0 Å². The molecule has 6 aromatic rings. The van der Waals surface area contributed by atoms with Gasteiger partial charge in [-0.2, -0.15) is 10.2 Å². The van der Waals surface area contributed by atoms with E-state index in [-0.39, 0.29) is 5.69 Å². The fourth-order valence-corrected chi connectivity index (χ4v) is 4.70. The van der Waals surface area contributed by atoms with Gasteiger partial charge >= 0.3 is 0 Å². The van der Waals surface area contributed by atoms with Crippen LogP contribution < -0.4 is 10.2 Å². The number of hydrogen-bond acceptors (Lipinski definition) is 4. The first-order valence-corrected chi connectivity index (χ1v) is 13.4. The largest absolute Gasteiger partial charge is 0.489 e. The van der Waals surface area contributed by atoms with Gasteiger partial charge < -0.3 is 4.74 Å². The first-order chi connectivity index (χ1) is 20.1. The second-order valence-electron chi connectivity index (χ2n) is 9.73. The van der Waals surface area contributed by atoms with Crippen LogP contribution in [0.3, 0.4) is 0 Å². The second-order valence-corrected chi connectivity index (χ2v) is 9.73. The molecule has 0 aliphatic heterocycles. The highest BCUT2D eigenvalue weighted by Crippen LogP contribution is 2.31. The van der Waals surface area contributed by atoms with Crippen LogP contribution in [0.2, 0.25) is 0 Å². The van der Waals surface area contributed by atoms with Crippen molar-refractivity contribution >= 4 is 22.9 Å². The maximum atomic E-state index is 13.1. The molecule has 5 aromatic carbocycles. The zero-order chi connectivity index (χ0) is 28.0. The Morgan fingerprint density at radius 3 is 2.44 bits per heavy atom. The lowest BCUT2D eigenvalue weighted by Crippen LogP contribution is -2.18. The summed E-state index contributed by atoms with van der Waals surface area (Å²) < 4.78 is 7.66. The van der Waals surface area contributed by atoms with Crippen LogP contribution in [0.1, 0.15) is 27.2 Å². The molecule has 1 heterocycles. The second kappa shape index (κ2) is 11.7. The summed E-state index contributed by atoms with van der Waals surface area (Å²) in [4.78, 5) is 13.1. The quantitative estimate of drug-likeness (QED) is 0.163. The van der Waals surface area contributed by atoms with Gasteiger partial charge in [0.15, 0.2) is 5.69 Å². The van der Waals surface area contributed by atoms with E-state index in [1.807, 2.05) is 109 Å². The van der Waals surface area contributed by atoms with Crippen molar-refractivity contribution < 1.29 is 9.53 Å². The molecule has 0 unspecified atom stereocenters. The summed E-state index contributed by atoms with van der Waals surface area (Å²) in [5.74, 6) is 0.370. The van der Waals surface area contributed by atoms with Crippen LogP contribution in [-0.4, -0.2) is 21.9 Å². The number of nitrogens with one attached hydrogen (secondary N) is 1. The number of rotatable bonds is 8. The van der Waals surface area contributed by atoms with Crippen molar-refractivity contribution in [1.82, 2.24) is 15.2 Å². The summed E-state index contributed by atoms with van der Waals surface area (Å²) in [5, 5.41) is 11.1. The molecule has 0 spiro atoms. The van der Waals surface area contributed by atoms with Crippen molar-refractivity contribution in [1.29, 1.82) is 0 Å². The highest BCUT2D eigenvalue weighted by molar-refractivity contribution is 5.99. The number of benzene rings is 5. The summed E-state index contributed by atoms with van der Waals surface area (Å²) in [6.07, 6.45) is 1.60. The SMILES string of the molecule is Cc1cccc(-n2nc(C(=O)N/N=C\c3ccc(OCc4ccccc4)cc3)cc2-c2cccc3ccccc23)c1. The van der Waals surface area contributed by atoms with Crippen molar-refractivity contribution in [3.8, 4) is 22.7 Å². The summed E-state index contributed by atoms with van der Waals surface area (Å²) in [7, 11) is 0. The van der Waals surface area contributed by atoms with E-state index in [9.17, 15) is 4.79 Å². The van der Waals surface area contributed by atoms with Crippen molar-refractivity contribution in [3.05, 3.63) is 150 Å². The number of aromatic nitrogens is 2. The molecule has 6 nitrogen and oxygen atoms in total. The number of carbonyl (C=O) groups excluding carboxylic acids is 1. The standard InChI is InChI=1S/C35H28N4O2/c1-25-9-7-14-29(21-25)39-34(32-16-8-13-28-12-5-6-15-31(28)32)22-33(38-39)35(40)37-36-23-26-17-19-30(20-18-26)41-24-27-10-3-2-4-11-27/h2-23H,24H2,1H3,(H,37,40)/b36-23-. The van der Waals surface area contributed by atoms with Crippen LogP contribution in [0.4, 0.5) is 0 Å². The van der Waals surface area contributed by atoms with Crippen molar-refractivity contribution in [2.24, 2.45) is 5.10 Å². The Morgan fingerprint density at radius 1 is 0.854 bits per heavy atom. The molecular formula is C35H28N4O2. The van der Waals surface area contributed by atoms with E-state index in [4.69, 9.17) is 9.84 Å². The number of nitrogens with zero attached hydrogens (tertiary/aromatic N) is 3. The predicted octanol–water partition coefficient (Wildman–Crippen LogP) is 7.34. The molecule has 1 amide bonds. The van der Waals surface area contributed by atoms with Crippen LogP contribution in [0.25, 0.3) is 27.7 Å². The smallest absolute Gasteiger partial charge is 0.291 e. The minimum absolute atomic E-state index is 0.274. The van der Waals surface area contributed by atoms with Crippen molar-refractivity contribution in [2.45, 2.75) is 13.5 Å². The number of carbonyl (C=O) groups is 1. The minimum atomic E-state index is -0.392. The molecule has 6 heteroatoms. The van der Waals surface area contributed by atoms with Gasteiger partial charge in [0.1, 0.15) is 12.4 Å². The van der Waals surface area contributed by atoms with Gasteiger partial charge in [-0.3, -0.25) is 4.79 Å². The maximum absolute atomic E-state index is 13.1. The lowest BCUT2D eigenvalue weighted by Gasteiger charge is -2.10. The molecule has 0 atom stereocenters. The van der Waals surface area contributed by atoms with Crippen LogP contribution in [-0.2, 0) is 6.61 Å². The Bertz CT molecular complexity index is 1840. The van der Waals surface area contributed by atoms with Gasteiger partial charge in [0, 0.05) is 5.56 Å². The topological polar surface area (TPSA) is 68.5 Å². The average molecular weight is 537 g/mol. The normalized spacial score (nSPS) is 11.1. The number of hydrogen-bond donors (Lipinski definition) is 1. The number of aryl methyl sites for hydroxylation is 1. The molecule has 0 bridgehead atoms. The van der Waals surface area contributed by atoms with Gasteiger partial charge in [-0.25, -0.2) is 10.1 Å². The molecule has 6 rings (SSSR count). The first kappa shape index (κ1) is 25.8. The van der Waals surface area contributed by atoms with Gasteiger partial charge in [0.2, 0.25) is 0 Å². The number of amides is 1. The average Bonchev–Trinajstić information content (AvgIpc) is 3.46. The molecule has 1 N–H and O–H groups in total. The van der Waals surface area contributed by atoms with E-state index < -0.39 is 5.91 Å². The third-order valence-corrected chi connectivity index (χ3v) is 6.76. The highest BCUT2D eigenvalue weighted by atomic mass is 16.5. The van der Waals surface area contributed by atoms with E-state index in [0.717, 1.165) is 50.2 Å². The number of hydrazone groups is 1. The Morgan fingerprint density at radius 2 is 1.61 bits per heavy atom. The molecule has 0 radical (unpaired) electrons. The van der Waals surface area contributed by atoms with Crippen LogP contribution >= 0.6 is 0 Å². The lowest BCUT2D eigenvalue weighted by atomic mass is 10.0. The molecule has 41 heavy (non-hydrogen) atoms. The van der Waals surface area contributed by atoms with Crippen LogP contribution in [0, 0.1) is 6.92 Å².